The number of nitrogens with zero attached hydrogens (tertiary/aromatic N) is 2. The van der Waals surface area contributed by atoms with Gasteiger partial charge in [-0.3, -0.25) is 9.00 Å². The minimum atomic E-state index is -1.02. The SMILES string of the molecule is CC1=C(CC(=O)N2CCN(C)CC2)c2cc(F)ccc2/C1=C\c1ccc(S(C)=O)cc1. The molecule has 4 nitrogen and oxygen atoms in total. The molecule has 1 amide bonds. The number of benzene rings is 2. The maximum atomic E-state index is 14.1. The van der Waals surface area contributed by atoms with Crippen molar-refractivity contribution >= 4 is 33.9 Å². The van der Waals surface area contributed by atoms with Gasteiger partial charge in [-0.1, -0.05) is 18.2 Å². The summed E-state index contributed by atoms with van der Waals surface area (Å²) in [6, 6.07) is 12.4. The van der Waals surface area contributed by atoms with Crippen LogP contribution in [0.4, 0.5) is 4.39 Å². The third kappa shape index (κ3) is 4.55. The van der Waals surface area contributed by atoms with Crippen LogP contribution in [0.25, 0.3) is 17.2 Å². The zero-order valence-corrected chi connectivity index (χ0v) is 19.0. The summed E-state index contributed by atoms with van der Waals surface area (Å²) < 4.78 is 25.8. The molecule has 1 fully saturated rings. The number of fused-ring (bicyclic) bond motifs is 1. The molecule has 6 heteroatoms. The lowest BCUT2D eigenvalue weighted by Crippen LogP contribution is -2.47. The molecule has 0 aromatic heterocycles. The summed E-state index contributed by atoms with van der Waals surface area (Å²) in [7, 11) is 1.04. The normalized spacial score (nSPS) is 19.1. The molecule has 162 valence electrons. The summed E-state index contributed by atoms with van der Waals surface area (Å²) in [6.07, 6.45) is 3.99. The number of halogens is 1. The molecule has 1 unspecified atom stereocenters. The quantitative estimate of drug-likeness (QED) is 0.723. The molecule has 1 aliphatic carbocycles. The number of likely N-dealkylation sites (N-methyl/N-ethyl adjacent to an activating group) is 1. The molecule has 2 aliphatic rings. The van der Waals surface area contributed by atoms with Gasteiger partial charge in [0, 0.05) is 48.1 Å². The zero-order valence-electron chi connectivity index (χ0n) is 18.2. The van der Waals surface area contributed by atoms with Crippen molar-refractivity contribution < 1.29 is 13.4 Å². The Labute approximate surface area is 185 Å². The Balaban J connectivity index is 1.67. The lowest BCUT2D eigenvalue weighted by molar-refractivity contribution is -0.131. The molecule has 0 radical (unpaired) electrons. The molecule has 0 bridgehead atoms. The third-order valence-electron chi connectivity index (χ3n) is 6.16. The van der Waals surface area contributed by atoms with Crippen LogP contribution in [0.2, 0.25) is 0 Å². The van der Waals surface area contributed by atoms with E-state index in [1.165, 1.54) is 12.1 Å². The lowest BCUT2D eigenvalue weighted by atomic mass is 10.0. The lowest BCUT2D eigenvalue weighted by Gasteiger charge is -2.32. The number of carbonyl (C=O) groups excluding carboxylic acids is 1. The monoisotopic (exact) mass is 438 g/mol. The standard InChI is InChI=1S/C25H27FN2O2S/c1-17-22(14-18-4-7-20(8-5-18)31(3)30)21-9-6-19(26)15-24(21)23(17)16-25(29)28-12-10-27(2)11-13-28/h4-9,14-15H,10-13,16H2,1-3H3/b22-14-. The van der Waals surface area contributed by atoms with E-state index in [-0.39, 0.29) is 18.1 Å². The Morgan fingerprint density at radius 1 is 1.06 bits per heavy atom. The molecule has 0 N–H and O–H groups in total. The van der Waals surface area contributed by atoms with Crippen LogP contribution in [-0.4, -0.2) is 59.4 Å². The first-order valence-corrected chi connectivity index (χ1v) is 12.0. The van der Waals surface area contributed by atoms with E-state index in [1.807, 2.05) is 36.1 Å². The topological polar surface area (TPSA) is 40.6 Å². The van der Waals surface area contributed by atoms with Gasteiger partial charge in [-0.25, -0.2) is 4.39 Å². The highest BCUT2D eigenvalue weighted by atomic mass is 32.2. The summed E-state index contributed by atoms with van der Waals surface area (Å²) >= 11 is 0. The fraction of sp³-hybridized carbons (Fsp3) is 0.320. The Hall–Kier alpha value is -2.57. The van der Waals surface area contributed by atoms with Gasteiger partial charge in [0.25, 0.3) is 0 Å². The first kappa shape index (κ1) is 21.7. The summed E-state index contributed by atoms with van der Waals surface area (Å²) in [5.41, 5.74) is 5.63. The minimum absolute atomic E-state index is 0.0914. The summed E-state index contributed by atoms with van der Waals surface area (Å²) in [5.74, 6) is -0.208. The van der Waals surface area contributed by atoms with Crippen LogP contribution < -0.4 is 0 Å². The summed E-state index contributed by atoms with van der Waals surface area (Å²) in [5, 5.41) is 0. The van der Waals surface area contributed by atoms with Crippen molar-refractivity contribution in [3.63, 3.8) is 0 Å². The van der Waals surface area contributed by atoms with Gasteiger partial charge < -0.3 is 9.80 Å². The highest BCUT2D eigenvalue weighted by molar-refractivity contribution is 7.84. The van der Waals surface area contributed by atoms with Crippen molar-refractivity contribution in [3.8, 4) is 0 Å². The predicted octanol–water partition coefficient (Wildman–Crippen LogP) is 4.05. The molecule has 1 heterocycles. The number of hydrogen-bond donors (Lipinski definition) is 0. The fourth-order valence-electron chi connectivity index (χ4n) is 4.22. The third-order valence-corrected chi connectivity index (χ3v) is 7.10. The molecule has 1 saturated heterocycles. The molecule has 1 aliphatic heterocycles. The van der Waals surface area contributed by atoms with Crippen molar-refractivity contribution in [2.45, 2.75) is 18.2 Å². The van der Waals surface area contributed by atoms with E-state index in [0.29, 0.717) is 0 Å². The number of carbonyl (C=O) groups is 1. The maximum absolute atomic E-state index is 14.1. The minimum Gasteiger partial charge on any atom is -0.340 e. The van der Waals surface area contributed by atoms with Crippen molar-refractivity contribution in [1.29, 1.82) is 0 Å². The highest BCUT2D eigenvalue weighted by Crippen LogP contribution is 2.44. The largest absolute Gasteiger partial charge is 0.340 e. The summed E-state index contributed by atoms with van der Waals surface area (Å²) in [4.78, 5) is 17.9. The predicted molar refractivity (Wildman–Crippen MR) is 124 cm³/mol. The molecule has 31 heavy (non-hydrogen) atoms. The highest BCUT2D eigenvalue weighted by Gasteiger charge is 2.28. The summed E-state index contributed by atoms with van der Waals surface area (Å²) in [6.45, 7) is 5.21. The zero-order chi connectivity index (χ0) is 22.1. The van der Waals surface area contributed by atoms with Crippen LogP contribution in [-0.2, 0) is 15.6 Å². The molecular weight excluding hydrogens is 411 g/mol. The molecule has 0 spiro atoms. The average molecular weight is 439 g/mol. The van der Waals surface area contributed by atoms with E-state index < -0.39 is 10.8 Å². The first-order chi connectivity index (χ1) is 14.8. The molecule has 2 aromatic carbocycles. The van der Waals surface area contributed by atoms with E-state index in [1.54, 1.807) is 12.3 Å². The van der Waals surface area contributed by atoms with E-state index in [2.05, 4.69) is 18.0 Å². The molecular formula is C25H27FN2O2S. The van der Waals surface area contributed by atoms with Crippen molar-refractivity contribution in [1.82, 2.24) is 9.80 Å². The van der Waals surface area contributed by atoms with Gasteiger partial charge in [-0.05, 0) is 77.7 Å². The molecule has 2 aromatic rings. The first-order valence-electron chi connectivity index (χ1n) is 10.5. The van der Waals surface area contributed by atoms with Gasteiger partial charge in [-0.15, -0.1) is 0 Å². The van der Waals surface area contributed by atoms with Crippen LogP contribution >= 0.6 is 0 Å². The average Bonchev–Trinajstić information content (AvgIpc) is 2.99. The van der Waals surface area contributed by atoms with E-state index >= 15 is 0 Å². The van der Waals surface area contributed by atoms with Crippen LogP contribution in [0.15, 0.2) is 52.9 Å². The molecule has 0 saturated carbocycles. The van der Waals surface area contributed by atoms with Gasteiger partial charge >= 0.3 is 0 Å². The van der Waals surface area contributed by atoms with Crippen molar-refractivity contribution in [2.75, 3.05) is 39.5 Å². The number of piperazine rings is 1. The second kappa shape index (κ2) is 8.89. The van der Waals surface area contributed by atoms with Gasteiger partial charge in [0.05, 0.1) is 6.42 Å². The van der Waals surface area contributed by atoms with Crippen LogP contribution in [0.5, 0.6) is 0 Å². The number of hydrogen-bond acceptors (Lipinski definition) is 3. The second-order valence-corrected chi connectivity index (χ2v) is 9.62. The van der Waals surface area contributed by atoms with Gasteiger partial charge in [0.15, 0.2) is 0 Å². The Morgan fingerprint density at radius 2 is 1.74 bits per heavy atom. The Kier molecular flexibility index (Phi) is 6.21. The smallest absolute Gasteiger partial charge is 0.227 e. The number of rotatable bonds is 4. The van der Waals surface area contributed by atoms with E-state index in [0.717, 1.165) is 64.5 Å². The van der Waals surface area contributed by atoms with Crippen LogP contribution in [0.1, 0.15) is 30.0 Å². The number of amides is 1. The van der Waals surface area contributed by atoms with Crippen LogP contribution in [0, 0.1) is 5.82 Å². The fourth-order valence-corrected chi connectivity index (χ4v) is 4.74. The molecule has 1 atom stereocenters. The van der Waals surface area contributed by atoms with Gasteiger partial charge in [0.2, 0.25) is 5.91 Å². The van der Waals surface area contributed by atoms with E-state index in [4.69, 9.17) is 0 Å². The van der Waals surface area contributed by atoms with Crippen LogP contribution in [0.3, 0.4) is 0 Å². The number of allylic oxidation sites excluding steroid dienone is 2. The second-order valence-electron chi connectivity index (χ2n) is 8.24. The molecule has 4 rings (SSSR count). The van der Waals surface area contributed by atoms with E-state index in [9.17, 15) is 13.4 Å². The Morgan fingerprint density at radius 3 is 2.39 bits per heavy atom. The van der Waals surface area contributed by atoms with Crippen molar-refractivity contribution in [3.05, 3.63) is 70.5 Å². The van der Waals surface area contributed by atoms with Gasteiger partial charge in [0.1, 0.15) is 5.82 Å². The van der Waals surface area contributed by atoms with Gasteiger partial charge in [-0.2, -0.15) is 0 Å². The Bertz CT molecular complexity index is 1100. The maximum Gasteiger partial charge on any atom is 0.227 e. The van der Waals surface area contributed by atoms with Crippen molar-refractivity contribution in [2.24, 2.45) is 0 Å².